The summed E-state index contributed by atoms with van der Waals surface area (Å²) in [5.41, 5.74) is 0.997. The van der Waals surface area contributed by atoms with Crippen molar-refractivity contribution in [2.45, 2.75) is 58.1 Å². The second kappa shape index (κ2) is 9.85. The van der Waals surface area contributed by atoms with Gasteiger partial charge in [0.2, 0.25) is 11.8 Å². The zero-order valence-electron chi connectivity index (χ0n) is 15.8. The summed E-state index contributed by atoms with van der Waals surface area (Å²) < 4.78 is 5.16. The molecule has 2 rings (SSSR count). The fraction of sp³-hybridized carbons (Fsp3) is 0.500. The van der Waals surface area contributed by atoms with E-state index < -0.39 is 12.1 Å². The molecule has 1 aromatic carbocycles. The van der Waals surface area contributed by atoms with Crippen molar-refractivity contribution < 1.29 is 23.9 Å². The van der Waals surface area contributed by atoms with Crippen LogP contribution in [-0.2, 0) is 23.9 Å². The Morgan fingerprint density at radius 2 is 1.78 bits per heavy atom. The van der Waals surface area contributed by atoms with Crippen LogP contribution in [0.25, 0.3) is 0 Å². The highest BCUT2D eigenvalue weighted by Gasteiger charge is 2.29. The van der Waals surface area contributed by atoms with Crippen LogP contribution in [0.15, 0.2) is 30.3 Å². The summed E-state index contributed by atoms with van der Waals surface area (Å²) in [7, 11) is 0. The largest absolute Gasteiger partial charge is 0.452 e. The molecule has 0 aromatic heterocycles. The van der Waals surface area contributed by atoms with E-state index in [9.17, 15) is 19.2 Å². The number of benzene rings is 1. The maximum atomic E-state index is 12.4. The molecule has 1 aromatic rings. The molecule has 1 N–H and O–H groups in total. The van der Waals surface area contributed by atoms with Crippen molar-refractivity contribution in [3.8, 4) is 0 Å². The Kier molecular flexibility index (Phi) is 7.52. The van der Waals surface area contributed by atoms with Gasteiger partial charge in [0.1, 0.15) is 0 Å². The topological polar surface area (TPSA) is 92.8 Å². The van der Waals surface area contributed by atoms with Crippen molar-refractivity contribution in [2.75, 3.05) is 6.54 Å². The summed E-state index contributed by atoms with van der Waals surface area (Å²) in [5, 5.41) is 2.92. The number of rotatable bonds is 9. The van der Waals surface area contributed by atoms with Crippen molar-refractivity contribution in [3.63, 3.8) is 0 Å². The molecule has 0 spiro atoms. The minimum absolute atomic E-state index is 0.00663. The van der Waals surface area contributed by atoms with Crippen LogP contribution in [0, 0.1) is 0 Å². The summed E-state index contributed by atoms with van der Waals surface area (Å²) >= 11 is 0. The average Bonchev–Trinajstić information content (AvgIpc) is 2.98. The van der Waals surface area contributed by atoms with E-state index in [1.54, 1.807) is 0 Å². The highest BCUT2D eigenvalue weighted by molar-refractivity contribution is 6.02. The maximum absolute atomic E-state index is 12.4. The quantitative estimate of drug-likeness (QED) is 0.528. The zero-order valence-corrected chi connectivity index (χ0v) is 15.8. The lowest BCUT2D eigenvalue weighted by atomic mass is 10.0. The van der Waals surface area contributed by atoms with Crippen molar-refractivity contribution in [2.24, 2.45) is 0 Å². The van der Waals surface area contributed by atoms with Gasteiger partial charge in [0, 0.05) is 19.4 Å². The molecule has 0 saturated carbocycles. The number of esters is 1. The molecular weight excluding hydrogens is 348 g/mol. The first-order chi connectivity index (χ1) is 12.9. The van der Waals surface area contributed by atoms with Gasteiger partial charge in [-0.1, -0.05) is 43.7 Å². The third kappa shape index (κ3) is 5.91. The van der Waals surface area contributed by atoms with Crippen molar-refractivity contribution >= 4 is 23.7 Å². The summed E-state index contributed by atoms with van der Waals surface area (Å²) in [6, 6.07) is 9.48. The lowest BCUT2D eigenvalue weighted by Gasteiger charge is -2.21. The lowest BCUT2D eigenvalue weighted by Crippen LogP contribution is -2.39. The first-order valence-electron chi connectivity index (χ1n) is 9.30. The molecule has 0 aliphatic carbocycles. The highest BCUT2D eigenvalue weighted by atomic mass is 16.5. The van der Waals surface area contributed by atoms with Gasteiger partial charge in [-0.15, -0.1) is 0 Å². The number of nitrogens with zero attached hydrogens (tertiary/aromatic N) is 1. The summed E-state index contributed by atoms with van der Waals surface area (Å²) in [4.78, 5) is 48.5. The molecule has 1 heterocycles. The molecule has 3 amide bonds. The molecule has 27 heavy (non-hydrogen) atoms. The molecule has 2 atom stereocenters. The Bertz CT molecular complexity index is 673. The molecule has 0 bridgehead atoms. The number of imide groups is 1. The van der Waals surface area contributed by atoms with Crippen LogP contribution in [0.5, 0.6) is 0 Å². The van der Waals surface area contributed by atoms with Crippen LogP contribution in [0.2, 0.25) is 0 Å². The fourth-order valence-corrected chi connectivity index (χ4v) is 2.97. The summed E-state index contributed by atoms with van der Waals surface area (Å²) in [5.74, 6) is -1.54. The van der Waals surface area contributed by atoms with Crippen LogP contribution in [-0.4, -0.2) is 41.2 Å². The second-order valence-corrected chi connectivity index (χ2v) is 6.58. The van der Waals surface area contributed by atoms with Crippen LogP contribution >= 0.6 is 0 Å². The van der Waals surface area contributed by atoms with Gasteiger partial charge in [-0.25, -0.2) is 0 Å². The van der Waals surface area contributed by atoms with Gasteiger partial charge < -0.3 is 10.1 Å². The predicted octanol–water partition coefficient (Wildman–Crippen LogP) is 2.11. The monoisotopic (exact) mass is 374 g/mol. The first kappa shape index (κ1) is 20.6. The molecule has 7 heteroatoms. The Morgan fingerprint density at radius 3 is 2.37 bits per heavy atom. The van der Waals surface area contributed by atoms with Crippen LogP contribution in [0.1, 0.15) is 57.6 Å². The van der Waals surface area contributed by atoms with E-state index in [0.717, 1.165) is 23.3 Å². The molecule has 1 aliphatic heterocycles. The first-order valence-corrected chi connectivity index (χ1v) is 9.30. The number of amides is 3. The normalized spacial score (nSPS) is 16.1. The van der Waals surface area contributed by atoms with E-state index in [1.165, 1.54) is 6.92 Å². The van der Waals surface area contributed by atoms with Gasteiger partial charge >= 0.3 is 5.97 Å². The Hall–Kier alpha value is -2.70. The zero-order chi connectivity index (χ0) is 19.8. The fourth-order valence-electron chi connectivity index (χ4n) is 2.97. The van der Waals surface area contributed by atoms with Gasteiger partial charge in [-0.05, 0) is 18.9 Å². The minimum Gasteiger partial charge on any atom is -0.452 e. The third-order valence-electron chi connectivity index (χ3n) is 4.47. The second-order valence-electron chi connectivity index (χ2n) is 6.58. The number of likely N-dealkylation sites (tertiary alicyclic amines) is 1. The average molecular weight is 374 g/mol. The third-order valence-corrected chi connectivity index (χ3v) is 4.47. The van der Waals surface area contributed by atoms with E-state index in [0.29, 0.717) is 0 Å². The molecule has 1 aliphatic rings. The summed E-state index contributed by atoms with van der Waals surface area (Å²) in [6.45, 7) is 3.53. The van der Waals surface area contributed by atoms with E-state index in [4.69, 9.17) is 4.74 Å². The van der Waals surface area contributed by atoms with Crippen LogP contribution < -0.4 is 5.32 Å². The van der Waals surface area contributed by atoms with Gasteiger partial charge in [-0.3, -0.25) is 24.1 Å². The minimum atomic E-state index is -0.953. The van der Waals surface area contributed by atoms with Gasteiger partial charge in [-0.2, -0.15) is 0 Å². The van der Waals surface area contributed by atoms with Gasteiger partial charge in [0.05, 0.1) is 12.5 Å². The van der Waals surface area contributed by atoms with Gasteiger partial charge in [0.25, 0.3) is 5.91 Å². The van der Waals surface area contributed by atoms with E-state index in [2.05, 4.69) is 5.32 Å². The predicted molar refractivity (Wildman–Crippen MR) is 98.4 cm³/mol. The van der Waals surface area contributed by atoms with Crippen molar-refractivity contribution in [3.05, 3.63) is 35.9 Å². The smallest absolute Gasteiger partial charge is 0.308 e. The number of ether oxygens (including phenoxy) is 1. The maximum Gasteiger partial charge on any atom is 0.308 e. The van der Waals surface area contributed by atoms with Crippen LogP contribution in [0.3, 0.4) is 0 Å². The molecule has 7 nitrogen and oxygen atoms in total. The lowest BCUT2D eigenvalue weighted by molar-refractivity contribution is -0.155. The van der Waals surface area contributed by atoms with E-state index in [-0.39, 0.29) is 49.6 Å². The Balaban J connectivity index is 1.83. The van der Waals surface area contributed by atoms with Crippen LogP contribution in [0.4, 0.5) is 0 Å². The number of carbonyl (C=O) groups is 4. The van der Waals surface area contributed by atoms with Gasteiger partial charge in [0.15, 0.2) is 6.10 Å². The SMILES string of the molecule is CCCC(NC(=O)C(C)OC(=O)CCN1C(=O)CCC1=O)c1ccccc1. The molecule has 0 radical (unpaired) electrons. The Labute approximate surface area is 159 Å². The summed E-state index contributed by atoms with van der Waals surface area (Å²) in [6.07, 6.45) is 0.967. The van der Waals surface area contributed by atoms with E-state index in [1.807, 2.05) is 37.3 Å². The molecule has 2 unspecified atom stereocenters. The van der Waals surface area contributed by atoms with Crippen molar-refractivity contribution in [1.82, 2.24) is 10.2 Å². The molecular formula is C20H26N2O5. The number of carbonyl (C=O) groups excluding carboxylic acids is 4. The number of hydrogen-bond acceptors (Lipinski definition) is 5. The molecule has 1 saturated heterocycles. The molecule has 1 fully saturated rings. The van der Waals surface area contributed by atoms with E-state index >= 15 is 0 Å². The number of nitrogens with one attached hydrogen (secondary N) is 1. The van der Waals surface area contributed by atoms with Crippen molar-refractivity contribution in [1.29, 1.82) is 0 Å². The Morgan fingerprint density at radius 1 is 1.15 bits per heavy atom. The standard InChI is InChI=1S/C20H26N2O5/c1-3-7-16(15-8-5-4-6-9-15)21-20(26)14(2)27-19(25)12-13-22-17(23)10-11-18(22)24/h4-6,8-9,14,16H,3,7,10-13H2,1-2H3,(H,21,26). The molecule has 146 valence electrons. The highest BCUT2D eigenvalue weighted by Crippen LogP contribution is 2.18. The number of hydrogen-bond donors (Lipinski definition) is 1.